The maximum Gasteiger partial charge on any atom is 0.406 e. The van der Waals surface area contributed by atoms with Gasteiger partial charge in [0.15, 0.2) is 6.61 Å². The Morgan fingerprint density at radius 1 is 1.16 bits per heavy atom. The molecule has 0 aliphatic carbocycles. The summed E-state index contributed by atoms with van der Waals surface area (Å²) in [5.41, 5.74) is 3.65. The smallest absolute Gasteiger partial charge is 0.406 e. The van der Waals surface area contributed by atoms with Gasteiger partial charge >= 0.3 is 12.1 Å². The molecule has 1 aliphatic rings. The highest BCUT2D eigenvalue weighted by Gasteiger charge is 2.31. The first-order valence-electron chi connectivity index (χ1n) is 9.35. The zero-order valence-electron chi connectivity index (χ0n) is 16.8. The minimum absolute atomic E-state index is 0.0150. The van der Waals surface area contributed by atoms with Crippen LogP contribution in [-0.2, 0) is 20.9 Å². The largest absolute Gasteiger partial charge is 0.453 e. The molecule has 0 atom stereocenters. The number of rotatable bonds is 6. The SMILES string of the molecule is Cc1cc(C(=O)COC(=O)C2=CCC(=O)N(c3ccccc3)N2)c(C)n1CC(F)(F)F. The number of aromatic nitrogens is 1. The van der Waals surface area contributed by atoms with Crippen molar-refractivity contribution in [2.75, 3.05) is 11.6 Å². The molecule has 0 fully saturated rings. The maximum atomic E-state index is 12.7. The van der Waals surface area contributed by atoms with Gasteiger partial charge in [-0.25, -0.2) is 9.80 Å². The minimum Gasteiger partial charge on any atom is -0.453 e. The van der Waals surface area contributed by atoms with Gasteiger partial charge in [-0.2, -0.15) is 13.2 Å². The van der Waals surface area contributed by atoms with Crippen LogP contribution >= 0.6 is 0 Å². The van der Waals surface area contributed by atoms with Crippen molar-refractivity contribution in [1.29, 1.82) is 0 Å². The summed E-state index contributed by atoms with van der Waals surface area (Å²) in [5.74, 6) is -1.76. The molecule has 2 heterocycles. The summed E-state index contributed by atoms with van der Waals surface area (Å²) >= 11 is 0. The van der Waals surface area contributed by atoms with E-state index in [1.165, 1.54) is 31.0 Å². The minimum atomic E-state index is -4.43. The number of Topliss-reactive ketones (excluding diaryl/α,β-unsaturated/α-hetero) is 1. The fourth-order valence-corrected chi connectivity index (χ4v) is 3.22. The summed E-state index contributed by atoms with van der Waals surface area (Å²) < 4.78 is 44.2. The first kappa shape index (κ1) is 22.1. The number of carbonyl (C=O) groups is 3. The van der Waals surface area contributed by atoms with Crippen LogP contribution in [0.5, 0.6) is 0 Å². The van der Waals surface area contributed by atoms with Crippen molar-refractivity contribution in [3.63, 3.8) is 0 Å². The lowest BCUT2D eigenvalue weighted by Gasteiger charge is -2.28. The molecule has 1 N–H and O–H groups in total. The molecule has 10 heteroatoms. The van der Waals surface area contributed by atoms with Crippen LogP contribution in [0.3, 0.4) is 0 Å². The molecule has 0 saturated carbocycles. The third-order valence-electron chi connectivity index (χ3n) is 4.74. The molecule has 7 nitrogen and oxygen atoms in total. The van der Waals surface area contributed by atoms with Crippen LogP contribution in [-0.4, -0.2) is 35.0 Å². The molecule has 3 rings (SSSR count). The second-order valence-electron chi connectivity index (χ2n) is 6.98. The van der Waals surface area contributed by atoms with Gasteiger partial charge in [0, 0.05) is 23.4 Å². The number of ketones is 1. The first-order valence-corrected chi connectivity index (χ1v) is 9.35. The van der Waals surface area contributed by atoms with Crippen LogP contribution in [0.25, 0.3) is 0 Å². The number of amides is 1. The van der Waals surface area contributed by atoms with Gasteiger partial charge in [-0.05, 0) is 38.1 Å². The molecule has 0 saturated heterocycles. The van der Waals surface area contributed by atoms with Gasteiger partial charge in [0.25, 0.3) is 0 Å². The van der Waals surface area contributed by atoms with E-state index in [0.29, 0.717) is 5.69 Å². The van der Waals surface area contributed by atoms with Crippen molar-refractivity contribution in [1.82, 2.24) is 9.99 Å². The fourth-order valence-electron chi connectivity index (χ4n) is 3.22. The monoisotopic (exact) mass is 435 g/mol. The quantitative estimate of drug-likeness (QED) is 0.557. The van der Waals surface area contributed by atoms with Crippen molar-refractivity contribution < 1.29 is 32.3 Å². The Balaban J connectivity index is 1.65. The standard InChI is InChI=1S/C21H20F3N3O4/c1-13-10-16(14(2)26(13)12-21(22,23)24)18(28)11-31-20(30)17-8-9-19(29)27(25-17)15-6-4-3-5-7-15/h3-8,10,25H,9,11-12H2,1-2H3. The Morgan fingerprint density at radius 2 is 1.84 bits per heavy atom. The number of nitrogens with zero attached hydrogens (tertiary/aromatic N) is 2. The normalized spacial score (nSPS) is 14.2. The number of hydrogen-bond acceptors (Lipinski definition) is 5. The summed E-state index contributed by atoms with van der Waals surface area (Å²) in [4.78, 5) is 36.9. The number of halogens is 3. The van der Waals surface area contributed by atoms with E-state index in [0.717, 1.165) is 4.57 Å². The molecule has 0 bridgehead atoms. The van der Waals surface area contributed by atoms with Crippen LogP contribution in [0.15, 0.2) is 48.2 Å². The third-order valence-corrected chi connectivity index (χ3v) is 4.74. The van der Waals surface area contributed by atoms with Crippen molar-refractivity contribution in [3.05, 3.63) is 65.1 Å². The van der Waals surface area contributed by atoms with E-state index in [2.05, 4.69) is 5.43 Å². The lowest BCUT2D eigenvalue weighted by atomic mass is 10.1. The number of hydrazine groups is 1. The van der Waals surface area contributed by atoms with E-state index < -0.39 is 31.1 Å². The molecule has 164 valence electrons. The third kappa shape index (κ3) is 5.14. The summed E-state index contributed by atoms with van der Waals surface area (Å²) in [5, 5.41) is 1.20. The Hall–Kier alpha value is -3.56. The predicted octanol–water partition coefficient (Wildman–Crippen LogP) is 3.22. The number of ether oxygens (including phenoxy) is 1. The topological polar surface area (TPSA) is 80.6 Å². The van der Waals surface area contributed by atoms with Crippen LogP contribution in [0.2, 0.25) is 0 Å². The van der Waals surface area contributed by atoms with E-state index in [1.807, 2.05) is 0 Å². The Bertz CT molecular complexity index is 1040. The molecular weight excluding hydrogens is 415 g/mol. The number of anilines is 1. The first-order chi connectivity index (χ1) is 14.6. The number of para-hydroxylation sites is 1. The zero-order chi connectivity index (χ0) is 22.8. The highest BCUT2D eigenvalue weighted by molar-refractivity contribution is 6.02. The Kier molecular flexibility index (Phi) is 6.19. The van der Waals surface area contributed by atoms with Crippen molar-refractivity contribution in [2.24, 2.45) is 0 Å². The molecule has 0 spiro atoms. The van der Waals surface area contributed by atoms with Gasteiger partial charge in [-0.1, -0.05) is 18.2 Å². The van der Waals surface area contributed by atoms with Gasteiger partial charge in [0.1, 0.15) is 12.2 Å². The van der Waals surface area contributed by atoms with Crippen LogP contribution in [0.4, 0.5) is 18.9 Å². The van der Waals surface area contributed by atoms with E-state index in [-0.39, 0.29) is 35.0 Å². The molecule has 31 heavy (non-hydrogen) atoms. The molecule has 0 radical (unpaired) electrons. The number of esters is 1. The summed E-state index contributed by atoms with van der Waals surface area (Å²) in [6, 6.07) is 9.94. The molecule has 1 amide bonds. The zero-order valence-corrected chi connectivity index (χ0v) is 16.8. The van der Waals surface area contributed by atoms with Gasteiger partial charge in [0.2, 0.25) is 11.7 Å². The second-order valence-corrected chi connectivity index (χ2v) is 6.98. The average Bonchev–Trinajstić information content (AvgIpc) is 3.00. The van der Waals surface area contributed by atoms with E-state index in [9.17, 15) is 27.6 Å². The fraction of sp³-hybridized carbons (Fsp3) is 0.286. The lowest BCUT2D eigenvalue weighted by Crippen LogP contribution is -2.47. The highest BCUT2D eigenvalue weighted by Crippen LogP contribution is 2.23. The summed E-state index contributed by atoms with van der Waals surface area (Å²) in [6.07, 6.45) is -3.12. The van der Waals surface area contributed by atoms with Gasteiger partial charge in [-0.15, -0.1) is 0 Å². The molecule has 2 aromatic rings. The Labute approximate surface area is 176 Å². The van der Waals surface area contributed by atoms with E-state index >= 15 is 0 Å². The van der Waals surface area contributed by atoms with Crippen LogP contribution in [0, 0.1) is 13.8 Å². The summed E-state index contributed by atoms with van der Waals surface area (Å²) in [7, 11) is 0. The average molecular weight is 435 g/mol. The lowest BCUT2D eigenvalue weighted by molar-refractivity contribution is -0.141. The molecule has 1 aromatic heterocycles. The van der Waals surface area contributed by atoms with E-state index in [4.69, 9.17) is 4.74 Å². The van der Waals surface area contributed by atoms with Gasteiger partial charge in [0.05, 0.1) is 5.69 Å². The van der Waals surface area contributed by atoms with Crippen molar-refractivity contribution >= 4 is 23.3 Å². The molecule has 1 aliphatic heterocycles. The highest BCUT2D eigenvalue weighted by atomic mass is 19.4. The number of aryl methyl sites for hydroxylation is 1. The second kappa shape index (κ2) is 8.66. The van der Waals surface area contributed by atoms with Crippen molar-refractivity contribution in [3.8, 4) is 0 Å². The molecular formula is C21H20F3N3O4. The number of nitrogens with one attached hydrogen (secondary N) is 1. The summed E-state index contributed by atoms with van der Waals surface area (Å²) in [6.45, 7) is 1.02. The van der Waals surface area contributed by atoms with Crippen LogP contribution in [0.1, 0.15) is 28.2 Å². The number of alkyl halides is 3. The Morgan fingerprint density at radius 3 is 2.48 bits per heavy atom. The molecule has 0 unspecified atom stereocenters. The van der Waals surface area contributed by atoms with Crippen molar-refractivity contribution in [2.45, 2.75) is 33.0 Å². The van der Waals surface area contributed by atoms with Gasteiger partial charge in [-0.3, -0.25) is 15.0 Å². The van der Waals surface area contributed by atoms with Crippen LogP contribution < -0.4 is 10.4 Å². The maximum absolute atomic E-state index is 12.7. The van der Waals surface area contributed by atoms with Gasteiger partial charge < -0.3 is 9.30 Å². The predicted molar refractivity (Wildman–Crippen MR) is 105 cm³/mol. The number of hydrogen-bond donors (Lipinski definition) is 1. The molecule has 1 aromatic carbocycles. The number of benzene rings is 1. The number of carbonyl (C=O) groups excluding carboxylic acids is 3. The van der Waals surface area contributed by atoms with E-state index in [1.54, 1.807) is 30.3 Å².